The molecule has 0 bridgehead atoms. The first-order valence-corrected chi connectivity index (χ1v) is 6.20. The van der Waals surface area contributed by atoms with Crippen molar-refractivity contribution in [3.05, 3.63) is 40.2 Å². The van der Waals surface area contributed by atoms with Crippen molar-refractivity contribution in [1.29, 1.82) is 5.26 Å². The summed E-state index contributed by atoms with van der Waals surface area (Å²) in [7, 11) is 0. The standard InChI is InChI=1S/C12H11N3O2S/c1-8-7-18-12(15-8)10(5-13)11(16)14-6-9-3-2-4-17-9/h2-4,7,10H,6H2,1H3,(H,14,16)/t10-/m1/s1. The van der Waals surface area contributed by atoms with Gasteiger partial charge >= 0.3 is 0 Å². The first kappa shape index (κ1) is 12.3. The third-order valence-electron chi connectivity index (χ3n) is 2.29. The molecule has 2 aromatic rings. The van der Waals surface area contributed by atoms with Gasteiger partial charge in [0.05, 0.1) is 18.9 Å². The van der Waals surface area contributed by atoms with Gasteiger partial charge in [-0.3, -0.25) is 4.79 Å². The van der Waals surface area contributed by atoms with E-state index in [1.165, 1.54) is 17.6 Å². The van der Waals surface area contributed by atoms with Crippen LogP contribution in [0.2, 0.25) is 0 Å². The fourth-order valence-corrected chi connectivity index (χ4v) is 2.26. The Labute approximate surface area is 108 Å². The number of carbonyl (C=O) groups excluding carboxylic acids is 1. The third-order valence-corrected chi connectivity index (χ3v) is 3.32. The van der Waals surface area contributed by atoms with Crippen molar-refractivity contribution >= 4 is 17.2 Å². The summed E-state index contributed by atoms with van der Waals surface area (Å²) in [6, 6.07) is 5.47. The number of amides is 1. The zero-order chi connectivity index (χ0) is 13.0. The molecule has 1 N–H and O–H groups in total. The first-order valence-electron chi connectivity index (χ1n) is 5.32. The number of aryl methyl sites for hydroxylation is 1. The summed E-state index contributed by atoms with van der Waals surface area (Å²) in [6.45, 7) is 2.10. The van der Waals surface area contributed by atoms with Crippen LogP contribution in [-0.2, 0) is 11.3 Å². The second kappa shape index (κ2) is 5.47. The Morgan fingerprint density at radius 1 is 1.72 bits per heavy atom. The Morgan fingerprint density at radius 2 is 2.56 bits per heavy atom. The normalized spacial score (nSPS) is 11.8. The van der Waals surface area contributed by atoms with Crippen molar-refractivity contribution < 1.29 is 9.21 Å². The first-order chi connectivity index (χ1) is 8.70. The molecule has 0 unspecified atom stereocenters. The lowest BCUT2D eigenvalue weighted by Crippen LogP contribution is -2.28. The van der Waals surface area contributed by atoms with Crippen LogP contribution < -0.4 is 5.32 Å². The van der Waals surface area contributed by atoms with Crippen molar-refractivity contribution in [2.24, 2.45) is 0 Å². The molecule has 0 aliphatic carbocycles. The molecule has 0 saturated heterocycles. The number of carbonyl (C=O) groups is 1. The summed E-state index contributed by atoms with van der Waals surface area (Å²) in [5.41, 5.74) is 0.814. The summed E-state index contributed by atoms with van der Waals surface area (Å²) in [4.78, 5) is 16.0. The third kappa shape index (κ3) is 2.76. The van der Waals surface area contributed by atoms with Gasteiger partial charge in [0.1, 0.15) is 10.8 Å². The number of nitriles is 1. The molecule has 0 spiro atoms. The minimum Gasteiger partial charge on any atom is -0.467 e. The number of hydrogen-bond acceptors (Lipinski definition) is 5. The number of hydrogen-bond donors (Lipinski definition) is 1. The minimum atomic E-state index is -0.862. The van der Waals surface area contributed by atoms with Crippen LogP contribution in [0, 0.1) is 18.3 Å². The van der Waals surface area contributed by atoms with E-state index in [9.17, 15) is 4.79 Å². The van der Waals surface area contributed by atoms with Crippen LogP contribution >= 0.6 is 11.3 Å². The fourth-order valence-electron chi connectivity index (χ4n) is 1.42. The van der Waals surface area contributed by atoms with Gasteiger partial charge in [-0.05, 0) is 19.1 Å². The van der Waals surface area contributed by atoms with E-state index in [0.29, 0.717) is 10.8 Å². The van der Waals surface area contributed by atoms with Gasteiger partial charge in [0.15, 0.2) is 5.92 Å². The van der Waals surface area contributed by atoms with Gasteiger partial charge in [-0.2, -0.15) is 5.26 Å². The fraction of sp³-hybridized carbons (Fsp3) is 0.250. The predicted molar refractivity (Wildman–Crippen MR) is 65.8 cm³/mol. The largest absolute Gasteiger partial charge is 0.467 e. The Kier molecular flexibility index (Phi) is 3.75. The molecule has 2 aromatic heterocycles. The second-order valence-electron chi connectivity index (χ2n) is 3.69. The molecule has 0 aromatic carbocycles. The maximum atomic E-state index is 11.9. The average molecular weight is 261 g/mol. The van der Waals surface area contributed by atoms with E-state index in [-0.39, 0.29) is 12.5 Å². The van der Waals surface area contributed by atoms with Crippen LogP contribution in [0.4, 0.5) is 0 Å². The van der Waals surface area contributed by atoms with E-state index >= 15 is 0 Å². The van der Waals surface area contributed by atoms with Crippen molar-refractivity contribution in [3.8, 4) is 6.07 Å². The van der Waals surface area contributed by atoms with E-state index in [2.05, 4.69) is 10.3 Å². The number of aromatic nitrogens is 1. The molecule has 1 amide bonds. The van der Waals surface area contributed by atoms with Gasteiger partial charge in [-0.1, -0.05) is 0 Å². The molecule has 0 saturated carbocycles. The van der Waals surface area contributed by atoms with Crippen molar-refractivity contribution in [1.82, 2.24) is 10.3 Å². The smallest absolute Gasteiger partial charge is 0.244 e. The van der Waals surface area contributed by atoms with Gasteiger partial charge in [0, 0.05) is 11.1 Å². The molecular formula is C12H11N3O2S. The van der Waals surface area contributed by atoms with Gasteiger partial charge in [0.2, 0.25) is 5.91 Å². The summed E-state index contributed by atoms with van der Waals surface area (Å²) in [5.74, 6) is -0.572. The maximum Gasteiger partial charge on any atom is 0.244 e. The molecule has 6 heteroatoms. The highest BCUT2D eigenvalue weighted by Crippen LogP contribution is 2.19. The Balaban J connectivity index is 2.00. The summed E-state index contributed by atoms with van der Waals surface area (Å²) < 4.78 is 5.10. The number of nitrogens with zero attached hydrogens (tertiary/aromatic N) is 2. The Morgan fingerprint density at radius 3 is 3.11 bits per heavy atom. The van der Waals surface area contributed by atoms with Crippen molar-refractivity contribution in [3.63, 3.8) is 0 Å². The van der Waals surface area contributed by atoms with Gasteiger partial charge in [-0.25, -0.2) is 4.98 Å². The molecule has 18 heavy (non-hydrogen) atoms. The maximum absolute atomic E-state index is 11.9. The lowest BCUT2D eigenvalue weighted by atomic mass is 10.1. The molecule has 2 rings (SSSR count). The quantitative estimate of drug-likeness (QED) is 0.912. The lowest BCUT2D eigenvalue weighted by Gasteiger charge is -2.06. The van der Waals surface area contributed by atoms with Crippen molar-refractivity contribution in [2.45, 2.75) is 19.4 Å². The topological polar surface area (TPSA) is 78.9 Å². The number of rotatable bonds is 4. The summed E-state index contributed by atoms with van der Waals surface area (Å²) in [5, 5.41) is 14.0. The van der Waals surface area contributed by atoms with E-state index in [1.807, 2.05) is 18.4 Å². The molecule has 2 heterocycles. The monoisotopic (exact) mass is 261 g/mol. The number of thiazole rings is 1. The average Bonchev–Trinajstić information content (AvgIpc) is 2.99. The van der Waals surface area contributed by atoms with Crippen molar-refractivity contribution in [2.75, 3.05) is 0 Å². The summed E-state index contributed by atoms with van der Waals surface area (Å²) in [6.07, 6.45) is 1.54. The van der Waals surface area contributed by atoms with Crippen LogP contribution in [0.25, 0.3) is 0 Å². The second-order valence-corrected chi connectivity index (χ2v) is 4.58. The highest BCUT2D eigenvalue weighted by Gasteiger charge is 2.23. The van der Waals surface area contributed by atoms with Crippen LogP contribution in [0.15, 0.2) is 28.2 Å². The van der Waals surface area contributed by atoms with Crippen LogP contribution in [0.5, 0.6) is 0 Å². The van der Waals surface area contributed by atoms with Crippen LogP contribution in [-0.4, -0.2) is 10.9 Å². The van der Waals surface area contributed by atoms with Gasteiger partial charge in [-0.15, -0.1) is 11.3 Å². The minimum absolute atomic E-state index is 0.272. The molecule has 5 nitrogen and oxygen atoms in total. The molecule has 0 aliphatic heterocycles. The van der Waals surface area contributed by atoms with E-state index in [1.54, 1.807) is 12.1 Å². The summed E-state index contributed by atoms with van der Waals surface area (Å²) >= 11 is 1.32. The van der Waals surface area contributed by atoms with Crippen LogP contribution in [0.3, 0.4) is 0 Å². The SMILES string of the molecule is Cc1csc([C@H](C#N)C(=O)NCc2ccco2)n1. The Bertz CT molecular complexity index is 568. The van der Waals surface area contributed by atoms with E-state index < -0.39 is 5.92 Å². The molecule has 0 fully saturated rings. The zero-order valence-corrected chi connectivity index (χ0v) is 10.5. The molecule has 92 valence electrons. The highest BCUT2D eigenvalue weighted by molar-refractivity contribution is 7.09. The highest BCUT2D eigenvalue weighted by atomic mass is 32.1. The Hall–Kier alpha value is -2.13. The van der Waals surface area contributed by atoms with E-state index in [4.69, 9.17) is 9.68 Å². The van der Waals surface area contributed by atoms with Gasteiger partial charge in [0.25, 0.3) is 0 Å². The molecule has 1 atom stereocenters. The molecule has 0 radical (unpaired) electrons. The number of nitrogens with one attached hydrogen (secondary N) is 1. The predicted octanol–water partition coefficient (Wildman–Crippen LogP) is 1.97. The lowest BCUT2D eigenvalue weighted by molar-refractivity contribution is -0.121. The number of furan rings is 1. The van der Waals surface area contributed by atoms with Gasteiger partial charge < -0.3 is 9.73 Å². The molecule has 0 aliphatic rings. The van der Waals surface area contributed by atoms with Crippen LogP contribution in [0.1, 0.15) is 22.4 Å². The molecular weight excluding hydrogens is 250 g/mol. The zero-order valence-electron chi connectivity index (χ0n) is 9.71. The van der Waals surface area contributed by atoms with E-state index in [0.717, 1.165) is 5.69 Å².